The molecular weight excluding hydrogens is 681 g/mol. The minimum Gasteiger partial charge on any atom is -0.493 e. The smallest absolute Gasteiger partial charge is 0.414 e. The molecule has 0 amide bonds. The van der Waals surface area contributed by atoms with Crippen molar-refractivity contribution in [3.63, 3.8) is 0 Å². The summed E-state index contributed by atoms with van der Waals surface area (Å²) in [6.07, 6.45) is 21.5. The van der Waals surface area contributed by atoms with Gasteiger partial charge in [0.25, 0.3) is 0 Å². The van der Waals surface area contributed by atoms with Crippen molar-refractivity contribution in [2.75, 3.05) is 65.6 Å². The highest BCUT2D eigenvalue weighted by Gasteiger charge is 2.40. The minimum atomic E-state index is -1.82. The normalized spacial score (nSPS) is 21.5. The lowest BCUT2D eigenvalue weighted by Crippen LogP contribution is -2.31. The summed E-state index contributed by atoms with van der Waals surface area (Å²) in [6, 6.07) is 18.6. The number of nitrogens with zero attached hydrogens (tertiary/aromatic N) is 2. The standard InChI is InChI=1S/C42H66N4O2.C2H2O4/c1(3-13-25-43-27-15-5-7-17-29-45-31-23-35-33-47-39-21-11-9-19-37(39)41(35)45)2-4-14-26-44-28-16-6-8-18-30-46-32-24-36-34-48-40-22-12-10-20-38(40)42(36)46;3-1(4)2(5)6/h9-12,19-22,35-36,41-44H,1-8,13-18,23-34H2;(H,3,4)(H,5,6)/t35-,36+,41-,42+;. The molecule has 54 heavy (non-hydrogen) atoms. The number of carbonyl (C=O) groups is 2. The highest BCUT2D eigenvalue weighted by molar-refractivity contribution is 6.27. The van der Waals surface area contributed by atoms with Crippen molar-refractivity contribution in [3.8, 4) is 11.5 Å². The van der Waals surface area contributed by atoms with E-state index in [1.54, 1.807) is 0 Å². The largest absolute Gasteiger partial charge is 0.493 e. The maximum atomic E-state index is 9.10. The number of hydrogen-bond donors (Lipinski definition) is 4. The fraction of sp³-hybridized carbons (Fsp3) is 0.682. The van der Waals surface area contributed by atoms with Gasteiger partial charge in [0, 0.05) is 35.0 Å². The topological polar surface area (TPSA) is 124 Å². The van der Waals surface area contributed by atoms with Crippen LogP contribution in [-0.4, -0.2) is 97.5 Å². The first kappa shape index (κ1) is 42.0. The number of ether oxygens (including phenoxy) is 2. The summed E-state index contributed by atoms with van der Waals surface area (Å²) < 4.78 is 12.0. The molecule has 4 aliphatic heterocycles. The van der Waals surface area contributed by atoms with Crippen LogP contribution in [0.15, 0.2) is 48.5 Å². The number of carboxylic acid groups (broad SMARTS) is 2. The number of para-hydroxylation sites is 2. The van der Waals surface area contributed by atoms with E-state index < -0.39 is 11.9 Å². The number of unbranched alkanes of at least 4 members (excludes halogenated alkanes) is 11. The molecule has 10 nitrogen and oxygen atoms in total. The van der Waals surface area contributed by atoms with Crippen LogP contribution in [0.4, 0.5) is 0 Å². The molecule has 0 spiro atoms. The van der Waals surface area contributed by atoms with Crippen LogP contribution in [0.5, 0.6) is 11.5 Å². The van der Waals surface area contributed by atoms with Crippen molar-refractivity contribution >= 4 is 11.9 Å². The van der Waals surface area contributed by atoms with Gasteiger partial charge < -0.3 is 30.3 Å². The van der Waals surface area contributed by atoms with Gasteiger partial charge in [-0.2, -0.15) is 0 Å². The van der Waals surface area contributed by atoms with E-state index in [-0.39, 0.29) is 0 Å². The van der Waals surface area contributed by atoms with Crippen molar-refractivity contribution in [2.24, 2.45) is 11.8 Å². The maximum Gasteiger partial charge on any atom is 0.414 e. The zero-order chi connectivity index (χ0) is 37.8. The highest BCUT2D eigenvalue weighted by Crippen LogP contribution is 2.45. The Hall–Kier alpha value is -3.18. The van der Waals surface area contributed by atoms with E-state index in [0.29, 0.717) is 23.9 Å². The summed E-state index contributed by atoms with van der Waals surface area (Å²) in [7, 11) is 0. The minimum absolute atomic E-state index is 0.588. The van der Waals surface area contributed by atoms with Gasteiger partial charge in [0.2, 0.25) is 0 Å². The Labute approximate surface area is 324 Å². The highest BCUT2D eigenvalue weighted by atomic mass is 16.5. The van der Waals surface area contributed by atoms with Gasteiger partial charge >= 0.3 is 11.9 Å². The molecule has 2 saturated heterocycles. The Kier molecular flexibility index (Phi) is 18.4. The predicted molar refractivity (Wildman–Crippen MR) is 214 cm³/mol. The second-order valence-electron chi connectivity index (χ2n) is 15.8. The molecule has 6 rings (SSSR count). The van der Waals surface area contributed by atoms with Crippen LogP contribution >= 0.6 is 0 Å². The molecule has 2 aromatic carbocycles. The van der Waals surface area contributed by atoms with Crippen LogP contribution in [0.1, 0.15) is 126 Å². The SMILES string of the molecule is O=C(O)C(=O)O.c1ccc2c(c1)OC[C@@H]1CCN(CCCCCCNCCCCCCCCNCCCCCCN3CC[C@@H]4COc5ccccc5[C@@H]43)[C@H]21. The average Bonchev–Trinajstić information content (AvgIpc) is 3.81. The monoisotopic (exact) mass is 749 g/mol. The number of rotatable bonds is 23. The molecule has 4 heterocycles. The lowest BCUT2D eigenvalue weighted by molar-refractivity contribution is -0.159. The molecule has 2 fully saturated rings. The molecule has 0 aliphatic carbocycles. The third kappa shape index (κ3) is 13.2. The number of benzene rings is 2. The lowest BCUT2D eigenvalue weighted by atomic mass is 9.91. The number of fused-ring (bicyclic) bond motifs is 6. The summed E-state index contributed by atoms with van der Waals surface area (Å²) in [6.45, 7) is 11.5. The van der Waals surface area contributed by atoms with Crippen molar-refractivity contribution < 1.29 is 29.3 Å². The van der Waals surface area contributed by atoms with Crippen molar-refractivity contribution in [3.05, 3.63) is 59.7 Å². The molecule has 2 aromatic rings. The molecule has 4 aliphatic rings. The van der Waals surface area contributed by atoms with Crippen molar-refractivity contribution in [1.29, 1.82) is 0 Å². The molecule has 0 bridgehead atoms. The number of nitrogens with one attached hydrogen (secondary N) is 2. The fourth-order valence-corrected chi connectivity index (χ4v) is 9.01. The van der Waals surface area contributed by atoms with Crippen molar-refractivity contribution in [2.45, 2.75) is 115 Å². The van der Waals surface area contributed by atoms with Crippen LogP contribution in [0, 0.1) is 11.8 Å². The quantitative estimate of drug-likeness (QED) is 0.0665. The molecule has 10 heteroatoms. The average molecular weight is 749 g/mol. The van der Waals surface area contributed by atoms with E-state index in [1.807, 2.05) is 0 Å². The van der Waals surface area contributed by atoms with E-state index in [2.05, 4.69) is 69.0 Å². The van der Waals surface area contributed by atoms with Crippen LogP contribution in [0.3, 0.4) is 0 Å². The second kappa shape index (κ2) is 23.7. The molecule has 4 N–H and O–H groups in total. The summed E-state index contributed by atoms with van der Waals surface area (Å²) in [5.41, 5.74) is 2.85. The van der Waals surface area contributed by atoms with Gasteiger partial charge in [-0.05, 0) is 116 Å². The zero-order valence-corrected chi connectivity index (χ0v) is 32.7. The van der Waals surface area contributed by atoms with Gasteiger partial charge in [0.15, 0.2) is 0 Å². The Morgan fingerprint density at radius 2 is 0.889 bits per heavy atom. The second-order valence-corrected chi connectivity index (χ2v) is 15.8. The predicted octanol–water partition coefficient (Wildman–Crippen LogP) is 7.69. The maximum absolute atomic E-state index is 9.10. The number of aliphatic carboxylic acids is 2. The Balaban J connectivity index is 0.000000864. The molecule has 0 aromatic heterocycles. The van der Waals surface area contributed by atoms with Crippen LogP contribution in [-0.2, 0) is 9.59 Å². The Morgan fingerprint density at radius 1 is 0.537 bits per heavy atom. The van der Waals surface area contributed by atoms with Gasteiger partial charge in [-0.1, -0.05) is 87.8 Å². The molecule has 4 atom stereocenters. The number of likely N-dealkylation sites (tertiary alicyclic amines) is 2. The molecule has 0 radical (unpaired) electrons. The van der Waals surface area contributed by atoms with E-state index in [0.717, 1.165) is 24.7 Å². The van der Waals surface area contributed by atoms with Crippen LogP contribution < -0.4 is 20.1 Å². The Bertz CT molecular complexity index is 1290. The molecule has 300 valence electrons. The van der Waals surface area contributed by atoms with Gasteiger partial charge in [0.05, 0.1) is 13.2 Å². The van der Waals surface area contributed by atoms with Gasteiger partial charge in [-0.25, -0.2) is 9.59 Å². The molecular formula is C44H68N4O6. The third-order valence-electron chi connectivity index (χ3n) is 11.9. The Morgan fingerprint density at radius 3 is 1.28 bits per heavy atom. The first-order valence-corrected chi connectivity index (χ1v) is 21.3. The van der Waals surface area contributed by atoms with E-state index in [9.17, 15) is 0 Å². The van der Waals surface area contributed by atoms with Gasteiger partial charge in [-0.15, -0.1) is 0 Å². The molecule has 0 unspecified atom stereocenters. The van der Waals surface area contributed by atoms with E-state index in [1.165, 1.54) is 166 Å². The lowest BCUT2D eigenvalue weighted by Gasteiger charge is -2.33. The zero-order valence-electron chi connectivity index (χ0n) is 32.7. The van der Waals surface area contributed by atoms with Gasteiger partial charge in [-0.3, -0.25) is 9.80 Å². The number of carboxylic acids is 2. The third-order valence-corrected chi connectivity index (χ3v) is 11.9. The van der Waals surface area contributed by atoms with Crippen LogP contribution in [0.2, 0.25) is 0 Å². The van der Waals surface area contributed by atoms with Crippen LogP contribution in [0.25, 0.3) is 0 Å². The van der Waals surface area contributed by atoms with E-state index in [4.69, 9.17) is 29.3 Å². The fourth-order valence-electron chi connectivity index (χ4n) is 9.01. The van der Waals surface area contributed by atoms with Gasteiger partial charge in [0.1, 0.15) is 11.5 Å². The first-order valence-electron chi connectivity index (χ1n) is 21.3. The first-order chi connectivity index (χ1) is 26.5. The van der Waals surface area contributed by atoms with Crippen molar-refractivity contribution in [1.82, 2.24) is 20.4 Å². The van der Waals surface area contributed by atoms with E-state index >= 15 is 0 Å². The number of hydrogen-bond acceptors (Lipinski definition) is 8. The molecule has 0 saturated carbocycles. The summed E-state index contributed by atoms with van der Waals surface area (Å²) in [4.78, 5) is 23.7. The summed E-state index contributed by atoms with van der Waals surface area (Å²) in [5, 5.41) is 22.2. The summed E-state index contributed by atoms with van der Waals surface area (Å²) in [5.74, 6) is -0.0474. The summed E-state index contributed by atoms with van der Waals surface area (Å²) >= 11 is 0.